The van der Waals surface area contributed by atoms with E-state index in [1.165, 1.54) is 13.2 Å². The van der Waals surface area contributed by atoms with Crippen molar-refractivity contribution in [2.75, 3.05) is 7.11 Å². The molecule has 1 N–H and O–H groups in total. The van der Waals surface area contributed by atoms with E-state index in [-0.39, 0.29) is 22.2 Å². The molecule has 2 aromatic rings. The highest BCUT2D eigenvalue weighted by molar-refractivity contribution is 9.10. The van der Waals surface area contributed by atoms with Gasteiger partial charge in [-0.3, -0.25) is 0 Å². The predicted octanol–water partition coefficient (Wildman–Crippen LogP) is 2.20. The fourth-order valence-electron chi connectivity index (χ4n) is 1.85. The van der Waals surface area contributed by atoms with Gasteiger partial charge in [0.05, 0.1) is 18.1 Å². The number of sulfonamides is 1. The van der Waals surface area contributed by atoms with Crippen molar-refractivity contribution in [2.24, 2.45) is 0 Å². The zero-order chi connectivity index (χ0) is 16.3. The molecule has 120 valence electrons. The van der Waals surface area contributed by atoms with Crippen molar-refractivity contribution < 1.29 is 13.2 Å². The van der Waals surface area contributed by atoms with Gasteiger partial charge in [-0.25, -0.2) is 13.1 Å². The number of rotatable bonds is 6. The monoisotopic (exact) mass is 408 g/mol. The average molecular weight is 410 g/mol. The number of methoxy groups -OCH3 is 1. The summed E-state index contributed by atoms with van der Waals surface area (Å²) in [5.41, 5.74) is 0. The van der Waals surface area contributed by atoms with Crippen LogP contribution in [0.3, 0.4) is 0 Å². The molecule has 0 aliphatic heterocycles. The van der Waals surface area contributed by atoms with Gasteiger partial charge in [-0.2, -0.15) is 0 Å². The normalized spacial score (nSPS) is 11.6. The van der Waals surface area contributed by atoms with Crippen LogP contribution in [0.25, 0.3) is 0 Å². The molecular formula is C12H14BrClN4O3S. The summed E-state index contributed by atoms with van der Waals surface area (Å²) in [6, 6.07) is 2.89. The van der Waals surface area contributed by atoms with Crippen LogP contribution < -0.4 is 9.46 Å². The van der Waals surface area contributed by atoms with E-state index in [2.05, 4.69) is 30.8 Å². The van der Waals surface area contributed by atoms with E-state index >= 15 is 0 Å². The number of benzene rings is 1. The molecule has 7 nitrogen and oxygen atoms in total. The van der Waals surface area contributed by atoms with Gasteiger partial charge < -0.3 is 9.30 Å². The fraction of sp³-hybridized carbons (Fsp3) is 0.333. The molecule has 0 fully saturated rings. The van der Waals surface area contributed by atoms with Gasteiger partial charge in [-0.05, 0) is 35.0 Å². The summed E-state index contributed by atoms with van der Waals surface area (Å²) >= 11 is 9.16. The Hall–Kier alpha value is -1.16. The third-order valence-corrected chi connectivity index (χ3v) is 5.14. The van der Waals surface area contributed by atoms with E-state index in [4.69, 9.17) is 16.3 Å². The Balaban J connectivity index is 2.31. The van der Waals surface area contributed by atoms with Crippen LogP contribution in [0.1, 0.15) is 12.7 Å². The van der Waals surface area contributed by atoms with E-state index in [0.29, 0.717) is 16.8 Å². The molecule has 1 heterocycles. The number of ether oxygens (including phenoxy) is 1. The zero-order valence-electron chi connectivity index (χ0n) is 11.9. The topological polar surface area (TPSA) is 86.1 Å². The lowest BCUT2D eigenvalue weighted by Crippen LogP contribution is -2.25. The van der Waals surface area contributed by atoms with Crippen molar-refractivity contribution in [3.8, 4) is 5.75 Å². The highest BCUT2D eigenvalue weighted by Gasteiger charge is 2.23. The lowest BCUT2D eigenvalue weighted by Gasteiger charge is -2.12. The van der Waals surface area contributed by atoms with Gasteiger partial charge in [0, 0.05) is 11.6 Å². The van der Waals surface area contributed by atoms with Crippen molar-refractivity contribution in [1.82, 2.24) is 19.5 Å². The molecule has 0 unspecified atom stereocenters. The van der Waals surface area contributed by atoms with Crippen LogP contribution in [-0.4, -0.2) is 30.3 Å². The van der Waals surface area contributed by atoms with Crippen molar-refractivity contribution in [3.63, 3.8) is 0 Å². The molecule has 1 aromatic heterocycles. The Morgan fingerprint density at radius 3 is 2.82 bits per heavy atom. The van der Waals surface area contributed by atoms with Gasteiger partial charge in [0.15, 0.2) is 5.75 Å². The largest absolute Gasteiger partial charge is 0.494 e. The SMILES string of the molecule is CCn1cnnc1CNS(=O)(=O)c1cc(Cl)cc(Br)c1OC. The molecule has 0 bridgehead atoms. The standard InChI is InChI=1S/C12H14BrClN4O3S/c1-3-18-7-15-17-11(18)6-16-22(19,20)10-5-8(14)4-9(13)12(10)21-2/h4-5,7,16H,3,6H2,1-2H3. The van der Waals surface area contributed by atoms with E-state index in [1.54, 1.807) is 17.0 Å². The lowest BCUT2D eigenvalue weighted by molar-refractivity contribution is 0.399. The second-order valence-electron chi connectivity index (χ2n) is 4.28. The van der Waals surface area contributed by atoms with Crippen LogP contribution in [0.5, 0.6) is 5.75 Å². The quantitative estimate of drug-likeness (QED) is 0.790. The Labute approximate surface area is 141 Å². The van der Waals surface area contributed by atoms with Crippen LogP contribution in [0.4, 0.5) is 0 Å². The highest BCUT2D eigenvalue weighted by Crippen LogP contribution is 2.35. The number of halogens is 2. The van der Waals surface area contributed by atoms with Crippen LogP contribution >= 0.6 is 27.5 Å². The summed E-state index contributed by atoms with van der Waals surface area (Å²) in [4.78, 5) is -0.0445. The number of hydrogen-bond acceptors (Lipinski definition) is 5. The summed E-state index contributed by atoms with van der Waals surface area (Å²) in [6.45, 7) is 2.58. The Kier molecular flexibility index (Phi) is 5.43. The van der Waals surface area contributed by atoms with Crippen LogP contribution in [0, 0.1) is 0 Å². The van der Waals surface area contributed by atoms with Crippen molar-refractivity contribution in [1.29, 1.82) is 0 Å². The summed E-state index contributed by atoms with van der Waals surface area (Å²) in [5.74, 6) is 0.708. The molecule has 0 saturated heterocycles. The first-order chi connectivity index (χ1) is 10.4. The van der Waals surface area contributed by atoms with E-state index < -0.39 is 10.0 Å². The maximum atomic E-state index is 12.5. The van der Waals surface area contributed by atoms with Crippen LogP contribution in [0.15, 0.2) is 27.8 Å². The molecule has 0 aliphatic carbocycles. The van der Waals surface area contributed by atoms with E-state index in [0.717, 1.165) is 0 Å². The average Bonchev–Trinajstić information content (AvgIpc) is 2.92. The first-order valence-electron chi connectivity index (χ1n) is 6.28. The van der Waals surface area contributed by atoms with Gasteiger partial charge in [0.25, 0.3) is 0 Å². The molecule has 0 radical (unpaired) electrons. The smallest absolute Gasteiger partial charge is 0.244 e. The van der Waals surface area contributed by atoms with E-state index in [1.807, 2.05) is 6.92 Å². The molecule has 0 aliphatic rings. The maximum Gasteiger partial charge on any atom is 0.244 e. The zero-order valence-corrected chi connectivity index (χ0v) is 15.0. The number of hydrogen-bond donors (Lipinski definition) is 1. The predicted molar refractivity (Wildman–Crippen MR) is 85.4 cm³/mol. The molecule has 0 spiro atoms. The van der Waals surface area contributed by atoms with Crippen molar-refractivity contribution in [2.45, 2.75) is 24.9 Å². The molecule has 0 atom stereocenters. The number of aryl methyl sites for hydroxylation is 1. The molecule has 10 heteroatoms. The molecule has 0 saturated carbocycles. The van der Waals surface area contributed by atoms with Crippen LogP contribution in [0.2, 0.25) is 5.02 Å². The Bertz CT molecular complexity index is 779. The molecule has 1 aromatic carbocycles. The fourth-order valence-corrected chi connectivity index (χ4v) is 4.21. The Morgan fingerprint density at radius 2 is 2.18 bits per heavy atom. The van der Waals surface area contributed by atoms with Crippen molar-refractivity contribution in [3.05, 3.63) is 33.8 Å². The highest BCUT2D eigenvalue weighted by atomic mass is 79.9. The first-order valence-corrected chi connectivity index (χ1v) is 8.93. The van der Waals surface area contributed by atoms with E-state index in [9.17, 15) is 8.42 Å². The third kappa shape index (κ3) is 3.60. The minimum atomic E-state index is -3.82. The molecule has 0 amide bonds. The minimum absolute atomic E-state index is 0.0173. The second kappa shape index (κ2) is 6.95. The number of nitrogens with zero attached hydrogens (tertiary/aromatic N) is 3. The van der Waals surface area contributed by atoms with Crippen molar-refractivity contribution >= 4 is 37.6 Å². The summed E-state index contributed by atoms with van der Waals surface area (Å²) in [7, 11) is -2.43. The Morgan fingerprint density at radius 1 is 1.45 bits per heavy atom. The number of nitrogens with one attached hydrogen (secondary N) is 1. The van der Waals surface area contributed by atoms with Crippen LogP contribution in [-0.2, 0) is 23.1 Å². The van der Waals surface area contributed by atoms with Gasteiger partial charge in [-0.1, -0.05) is 11.6 Å². The van der Waals surface area contributed by atoms with Gasteiger partial charge >= 0.3 is 0 Å². The van der Waals surface area contributed by atoms with Gasteiger partial charge in [0.2, 0.25) is 10.0 Å². The summed E-state index contributed by atoms with van der Waals surface area (Å²) in [5, 5.41) is 7.92. The second-order valence-corrected chi connectivity index (χ2v) is 7.30. The summed E-state index contributed by atoms with van der Waals surface area (Å²) < 4.78 is 34.8. The summed E-state index contributed by atoms with van der Waals surface area (Å²) in [6.07, 6.45) is 1.54. The first kappa shape index (κ1) is 17.2. The minimum Gasteiger partial charge on any atom is -0.494 e. The third-order valence-electron chi connectivity index (χ3n) is 2.92. The molecule has 22 heavy (non-hydrogen) atoms. The molecule has 2 rings (SSSR count). The maximum absolute atomic E-state index is 12.5. The molecular weight excluding hydrogens is 396 g/mol. The van der Waals surface area contributed by atoms with Gasteiger partial charge in [0.1, 0.15) is 17.0 Å². The lowest BCUT2D eigenvalue weighted by atomic mass is 10.3. The van der Waals surface area contributed by atoms with Gasteiger partial charge in [-0.15, -0.1) is 10.2 Å². The number of aromatic nitrogens is 3.